The zero-order valence-corrected chi connectivity index (χ0v) is 14.5. The van der Waals surface area contributed by atoms with Crippen LogP contribution >= 0.6 is 0 Å². The van der Waals surface area contributed by atoms with Crippen molar-refractivity contribution in [1.82, 2.24) is 10.1 Å². The molecule has 0 N–H and O–H groups in total. The minimum atomic E-state index is -3.71. The highest BCUT2D eigenvalue weighted by Crippen LogP contribution is 2.26. The first kappa shape index (κ1) is 16.4. The van der Waals surface area contributed by atoms with Gasteiger partial charge >= 0.3 is 0 Å². The number of unbranched alkanes of at least 4 members (excludes halogenated alkanes) is 1. The highest BCUT2D eigenvalue weighted by molar-refractivity contribution is 7.92. The van der Waals surface area contributed by atoms with Crippen molar-refractivity contribution >= 4 is 26.8 Å². The van der Waals surface area contributed by atoms with E-state index < -0.39 is 10.0 Å². The van der Waals surface area contributed by atoms with Crippen LogP contribution in [0.5, 0.6) is 0 Å². The minimum absolute atomic E-state index is 0.140. The molecule has 2 aromatic heterocycles. The Morgan fingerprint density at radius 1 is 1.21 bits per heavy atom. The molecular formula is C17H19N3O3S. The van der Waals surface area contributed by atoms with Crippen molar-refractivity contribution in [3.63, 3.8) is 0 Å². The Labute approximate surface area is 141 Å². The van der Waals surface area contributed by atoms with Crippen LogP contribution in [0.15, 0.2) is 52.0 Å². The van der Waals surface area contributed by atoms with Crippen LogP contribution in [0.3, 0.4) is 0 Å². The van der Waals surface area contributed by atoms with Crippen molar-refractivity contribution in [1.29, 1.82) is 0 Å². The molecule has 0 bridgehead atoms. The molecule has 0 radical (unpaired) electrons. The summed E-state index contributed by atoms with van der Waals surface area (Å²) in [5, 5.41) is 4.44. The lowest BCUT2D eigenvalue weighted by Crippen LogP contribution is -2.32. The summed E-state index contributed by atoms with van der Waals surface area (Å²) in [6.07, 6.45) is 3.00. The summed E-state index contributed by atoms with van der Waals surface area (Å²) in [5.41, 5.74) is 1.61. The van der Waals surface area contributed by atoms with Crippen molar-refractivity contribution in [2.24, 2.45) is 0 Å². The molecule has 6 nitrogen and oxygen atoms in total. The van der Waals surface area contributed by atoms with Crippen molar-refractivity contribution < 1.29 is 12.9 Å². The maximum atomic E-state index is 13.2. The molecule has 0 amide bonds. The Morgan fingerprint density at radius 3 is 2.67 bits per heavy atom. The Balaban J connectivity index is 2.08. The monoisotopic (exact) mass is 345 g/mol. The molecule has 0 atom stereocenters. The molecule has 3 aromatic rings. The quantitative estimate of drug-likeness (QED) is 0.683. The largest absolute Gasteiger partial charge is 0.336 e. The number of benzene rings is 1. The fraction of sp³-hybridized carbons (Fsp3) is 0.294. The van der Waals surface area contributed by atoms with Crippen molar-refractivity contribution in [2.45, 2.75) is 31.6 Å². The predicted octanol–water partition coefficient (Wildman–Crippen LogP) is 3.53. The molecular weight excluding hydrogens is 326 g/mol. The van der Waals surface area contributed by atoms with E-state index in [4.69, 9.17) is 4.52 Å². The van der Waals surface area contributed by atoms with E-state index >= 15 is 0 Å². The molecule has 0 aliphatic rings. The summed E-state index contributed by atoms with van der Waals surface area (Å²) in [5.74, 6) is 0. The maximum absolute atomic E-state index is 13.2. The highest BCUT2D eigenvalue weighted by atomic mass is 32.2. The zero-order valence-electron chi connectivity index (χ0n) is 13.6. The van der Waals surface area contributed by atoms with Gasteiger partial charge in [0.25, 0.3) is 15.7 Å². The van der Waals surface area contributed by atoms with Gasteiger partial charge in [-0.15, -0.1) is 0 Å². The number of aryl methyl sites for hydroxylation is 1. The molecule has 0 saturated carbocycles. The van der Waals surface area contributed by atoms with Crippen LogP contribution in [0.2, 0.25) is 0 Å². The molecule has 24 heavy (non-hydrogen) atoms. The lowest BCUT2D eigenvalue weighted by Gasteiger charge is -2.24. The third-order valence-electron chi connectivity index (χ3n) is 3.83. The fourth-order valence-corrected chi connectivity index (χ4v) is 3.95. The van der Waals surface area contributed by atoms with Gasteiger partial charge in [-0.2, -0.15) is 0 Å². The van der Waals surface area contributed by atoms with E-state index in [0.717, 1.165) is 12.8 Å². The third-order valence-corrected chi connectivity index (χ3v) is 5.62. The number of hydrogen-bond acceptors (Lipinski definition) is 5. The van der Waals surface area contributed by atoms with Gasteiger partial charge in [0.2, 0.25) is 0 Å². The molecule has 7 heteroatoms. The molecule has 0 spiro atoms. The third kappa shape index (κ3) is 2.99. The number of rotatable bonds is 6. The van der Waals surface area contributed by atoms with E-state index in [1.165, 1.54) is 10.5 Å². The highest BCUT2D eigenvalue weighted by Gasteiger charge is 2.26. The summed E-state index contributed by atoms with van der Waals surface area (Å²) in [7, 11) is -3.71. The van der Waals surface area contributed by atoms with Crippen LogP contribution in [0.4, 0.5) is 5.69 Å². The van der Waals surface area contributed by atoms with Gasteiger partial charge in [-0.05, 0) is 31.5 Å². The Bertz CT molecular complexity index is 936. The maximum Gasteiger partial charge on any atom is 0.265 e. The van der Waals surface area contributed by atoms with Gasteiger partial charge in [-0.25, -0.2) is 13.4 Å². The van der Waals surface area contributed by atoms with Crippen molar-refractivity contribution in [3.8, 4) is 0 Å². The van der Waals surface area contributed by atoms with Gasteiger partial charge in [0, 0.05) is 6.54 Å². The van der Waals surface area contributed by atoms with Crippen LogP contribution < -0.4 is 4.31 Å². The van der Waals surface area contributed by atoms with E-state index in [9.17, 15) is 8.42 Å². The normalized spacial score (nSPS) is 11.8. The minimum Gasteiger partial charge on any atom is -0.336 e. The SMILES string of the molecule is CCCCN(c1ccccc1)S(=O)(=O)c1cnc2onc(C)c2c1. The number of fused-ring (bicyclic) bond motifs is 1. The second-order valence-corrected chi connectivity index (χ2v) is 7.42. The molecule has 2 heterocycles. The topological polar surface area (TPSA) is 76.3 Å². The van der Waals surface area contributed by atoms with E-state index in [1.807, 2.05) is 25.1 Å². The van der Waals surface area contributed by atoms with Gasteiger partial charge in [-0.3, -0.25) is 4.31 Å². The lowest BCUT2D eigenvalue weighted by atomic mass is 10.3. The van der Waals surface area contributed by atoms with E-state index in [2.05, 4.69) is 10.1 Å². The average Bonchev–Trinajstić information content (AvgIpc) is 2.97. The smallest absolute Gasteiger partial charge is 0.265 e. The van der Waals surface area contributed by atoms with Gasteiger partial charge in [0.15, 0.2) is 0 Å². The summed E-state index contributed by atoms with van der Waals surface area (Å²) in [4.78, 5) is 4.23. The second kappa shape index (κ2) is 6.60. The van der Waals surface area contributed by atoms with Gasteiger partial charge < -0.3 is 4.52 Å². The van der Waals surface area contributed by atoms with Crippen LogP contribution in [0, 0.1) is 6.92 Å². The molecule has 1 aromatic carbocycles. The number of nitrogens with zero attached hydrogens (tertiary/aromatic N) is 3. The number of para-hydroxylation sites is 1. The molecule has 0 aliphatic heterocycles. The van der Waals surface area contributed by atoms with Crippen LogP contribution in [-0.4, -0.2) is 25.1 Å². The van der Waals surface area contributed by atoms with Crippen molar-refractivity contribution in [3.05, 3.63) is 48.3 Å². The predicted molar refractivity (Wildman–Crippen MR) is 92.4 cm³/mol. The number of sulfonamides is 1. The summed E-state index contributed by atoms with van der Waals surface area (Å²) >= 11 is 0. The first-order valence-corrected chi connectivity index (χ1v) is 9.28. The van der Waals surface area contributed by atoms with Gasteiger partial charge in [0.1, 0.15) is 4.90 Å². The summed E-state index contributed by atoms with van der Waals surface area (Å²) in [6, 6.07) is 10.7. The molecule has 0 fully saturated rings. The average molecular weight is 345 g/mol. The molecule has 3 rings (SSSR count). The number of hydrogen-bond donors (Lipinski definition) is 0. The summed E-state index contributed by atoms with van der Waals surface area (Å²) in [6.45, 7) is 4.21. The molecule has 0 unspecified atom stereocenters. The van der Waals surface area contributed by atoms with E-state index in [0.29, 0.717) is 29.0 Å². The molecule has 0 saturated heterocycles. The Morgan fingerprint density at radius 2 is 1.96 bits per heavy atom. The van der Waals surface area contributed by atoms with Crippen LogP contribution in [0.1, 0.15) is 25.5 Å². The van der Waals surface area contributed by atoms with Gasteiger partial charge in [-0.1, -0.05) is 36.7 Å². The standard InChI is InChI=1S/C17H19N3O3S/c1-3-4-10-20(14-8-6-5-7-9-14)24(21,22)15-11-16-13(2)19-23-17(16)18-12-15/h5-9,11-12H,3-4,10H2,1-2H3. The van der Waals surface area contributed by atoms with Gasteiger partial charge in [0.05, 0.1) is 23.0 Å². The fourth-order valence-electron chi connectivity index (χ4n) is 2.48. The Kier molecular flexibility index (Phi) is 4.53. The van der Waals surface area contributed by atoms with Crippen molar-refractivity contribution in [2.75, 3.05) is 10.8 Å². The molecule has 0 aliphatic carbocycles. The first-order valence-electron chi connectivity index (χ1n) is 7.84. The lowest BCUT2D eigenvalue weighted by molar-refractivity contribution is 0.442. The second-order valence-electron chi connectivity index (χ2n) is 5.56. The van der Waals surface area contributed by atoms with E-state index in [1.54, 1.807) is 25.1 Å². The van der Waals surface area contributed by atoms with Crippen LogP contribution in [0.25, 0.3) is 11.1 Å². The number of anilines is 1. The Hall–Kier alpha value is -2.41. The first-order chi connectivity index (χ1) is 11.5. The molecule has 126 valence electrons. The van der Waals surface area contributed by atoms with E-state index in [-0.39, 0.29) is 4.90 Å². The number of aromatic nitrogens is 2. The van der Waals surface area contributed by atoms with Crippen LogP contribution in [-0.2, 0) is 10.0 Å². The zero-order chi connectivity index (χ0) is 17.2. The summed E-state index contributed by atoms with van der Waals surface area (Å²) < 4.78 is 32.8. The number of pyridine rings is 1.